The van der Waals surface area contributed by atoms with Gasteiger partial charge in [0.15, 0.2) is 0 Å². The van der Waals surface area contributed by atoms with Crippen molar-refractivity contribution in [3.8, 4) is 11.8 Å². The minimum Gasteiger partial charge on any atom is -0.332 e. The smallest absolute Gasteiger partial charge is 0.207 e. The molecule has 0 bridgehead atoms. The van der Waals surface area contributed by atoms with E-state index in [1.165, 1.54) is 13.8 Å². The summed E-state index contributed by atoms with van der Waals surface area (Å²) in [6.45, 7) is 3.54. The summed E-state index contributed by atoms with van der Waals surface area (Å²) >= 11 is 0. The molecule has 0 heterocycles. The fourth-order valence-electron chi connectivity index (χ4n) is 0.968. The number of carbonyl (C=O) groups excluding carboxylic acids is 1. The van der Waals surface area contributed by atoms with Crippen LogP contribution in [0.2, 0.25) is 0 Å². The normalized spacial score (nSPS) is 13.8. The van der Waals surface area contributed by atoms with Crippen LogP contribution < -0.4 is 0 Å². The molecule has 0 aromatic carbocycles. The van der Waals surface area contributed by atoms with Crippen LogP contribution in [0.15, 0.2) is 0 Å². The molecule has 86 valence electrons. The molecule has 3 nitrogen and oxygen atoms in total. The lowest BCUT2D eigenvalue weighted by molar-refractivity contribution is -0.116. The largest absolute Gasteiger partial charge is 0.332 e. The highest BCUT2D eigenvalue weighted by molar-refractivity contribution is 7.59. The van der Waals surface area contributed by atoms with Gasteiger partial charge in [-0.05, 0) is 6.42 Å². The maximum Gasteiger partial charge on any atom is 0.207 e. The van der Waals surface area contributed by atoms with Crippen molar-refractivity contribution >= 4 is 13.2 Å². The van der Waals surface area contributed by atoms with Crippen molar-refractivity contribution in [1.82, 2.24) is 0 Å². The van der Waals surface area contributed by atoms with Gasteiger partial charge >= 0.3 is 0 Å². The predicted octanol–water partition coefficient (Wildman–Crippen LogP) is 2.69. The predicted molar refractivity (Wildman–Crippen MR) is 62.3 cm³/mol. The highest BCUT2D eigenvalue weighted by Gasteiger charge is 2.18. The van der Waals surface area contributed by atoms with Gasteiger partial charge in [0.2, 0.25) is 7.37 Å². The first kappa shape index (κ1) is 14.4. The van der Waals surface area contributed by atoms with Crippen molar-refractivity contribution in [3.63, 3.8) is 0 Å². The number of unbranched alkanes of at least 4 members (excludes halogenated alkanes) is 1. The summed E-state index contributed by atoms with van der Waals surface area (Å²) in [4.78, 5) is 11.3. The molecule has 0 aliphatic heterocycles. The van der Waals surface area contributed by atoms with Crippen LogP contribution in [-0.4, -0.2) is 25.7 Å². The second-order valence-corrected chi connectivity index (χ2v) is 6.21. The lowest BCUT2D eigenvalue weighted by Crippen LogP contribution is -2.05. The van der Waals surface area contributed by atoms with E-state index in [1.54, 1.807) is 0 Å². The zero-order chi connectivity index (χ0) is 11.7. The molecule has 0 saturated heterocycles. The average molecular weight is 230 g/mol. The van der Waals surface area contributed by atoms with E-state index in [0.717, 1.165) is 12.8 Å². The first-order valence-corrected chi connectivity index (χ1v) is 7.37. The van der Waals surface area contributed by atoms with Crippen molar-refractivity contribution in [2.45, 2.75) is 32.6 Å². The molecule has 0 radical (unpaired) electrons. The Morgan fingerprint density at radius 3 is 2.47 bits per heavy atom. The van der Waals surface area contributed by atoms with Gasteiger partial charge < -0.3 is 4.52 Å². The van der Waals surface area contributed by atoms with Crippen LogP contribution in [-0.2, 0) is 13.9 Å². The van der Waals surface area contributed by atoms with Gasteiger partial charge in [0.1, 0.15) is 5.78 Å². The van der Waals surface area contributed by atoms with Crippen LogP contribution >= 0.6 is 7.37 Å². The molecule has 0 saturated carbocycles. The summed E-state index contributed by atoms with van der Waals surface area (Å²) in [5.74, 6) is 5.85. The molecule has 1 unspecified atom stereocenters. The highest BCUT2D eigenvalue weighted by atomic mass is 31.2. The van der Waals surface area contributed by atoms with Crippen molar-refractivity contribution in [3.05, 3.63) is 0 Å². The molecule has 0 rings (SSSR count). The lowest BCUT2D eigenvalue weighted by atomic mass is 10.2. The number of rotatable bonds is 6. The molecule has 15 heavy (non-hydrogen) atoms. The number of hydrogen-bond donors (Lipinski definition) is 0. The zero-order valence-corrected chi connectivity index (χ0v) is 10.6. The molecule has 0 fully saturated rings. The first-order chi connectivity index (χ1) is 7.02. The summed E-state index contributed by atoms with van der Waals surface area (Å²) in [7, 11) is -1.32. The van der Waals surface area contributed by atoms with E-state index in [1.807, 2.05) is 0 Å². The Morgan fingerprint density at radius 2 is 1.93 bits per heavy atom. The SMILES string of the molecule is CCCC#CCCC(=O)CP(C)(=O)OC. The highest BCUT2D eigenvalue weighted by Crippen LogP contribution is 2.41. The van der Waals surface area contributed by atoms with Gasteiger partial charge in [-0.3, -0.25) is 9.36 Å². The summed E-state index contributed by atoms with van der Waals surface area (Å²) in [6.07, 6.45) is 2.87. The van der Waals surface area contributed by atoms with E-state index < -0.39 is 7.37 Å². The van der Waals surface area contributed by atoms with Crippen molar-refractivity contribution in [2.24, 2.45) is 0 Å². The Bertz CT molecular complexity index is 299. The molecule has 4 heteroatoms. The van der Waals surface area contributed by atoms with Crippen molar-refractivity contribution in [2.75, 3.05) is 19.9 Å². The Balaban J connectivity index is 3.78. The Morgan fingerprint density at radius 1 is 1.33 bits per heavy atom. The van der Waals surface area contributed by atoms with E-state index in [4.69, 9.17) is 4.52 Å². The fraction of sp³-hybridized carbons (Fsp3) is 0.727. The van der Waals surface area contributed by atoms with Gasteiger partial charge in [-0.1, -0.05) is 6.92 Å². The minimum atomic E-state index is -2.69. The molecule has 0 aromatic rings. The number of Topliss-reactive ketones (excluding diaryl/α,β-unsaturated/α-hetero) is 1. The lowest BCUT2D eigenvalue weighted by Gasteiger charge is -2.08. The average Bonchev–Trinajstić information content (AvgIpc) is 2.17. The van der Waals surface area contributed by atoms with E-state index in [2.05, 4.69) is 18.8 Å². The van der Waals surface area contributed by atoms with Crippen LogP contribution in [0.4, 0.5) is 0 Å². The van der Waals surface area contributed by atoms with Gasteiger partial charge in [-0.25, -0.2) is 0 Å². The molecular weight excluding hydrogens is 211 g/mol. The third kappa shape index (κ3) is 8.42. The summed E-state index contributed by atoms with van der Waals surface area (Å²) < 4.78 is 16.2. The van der Waals surface area contributed by atoms with Gasteiger partial charge in [0.25, 0.3) is 0 Å². The van der Waals surface area contributed by atoms with E-state index >= 15 is 0 Å². The maximum atomic E-state index is 11.4. The van der Waals surface area contributed by atoms with E-state index in [9.17, 15) is 9.36 Å². The molecule has 0 N–H and O–H groups in total. The summed E-state index contributed by atoms with van der Waals surface area (Å²) in [5, 5.41) is 0. The molecule has 1 atom stereocenters. The molecule has 0 aliphatic rings. The summed E-state index contributed by atoms with van der Waals surface area (Å²) in [5.41, 5.74) is 0. The topological polar surface area (TPSA) is 43.4 Å². The van der Waals surface area contributed by atoms with Crippen LogP contribution in [0.25, 0.3) is 0 Å². The first-order valence-electron chi connectivity index (χ1n) is 5.11. The molecule has 0 aromatic heterocycles. The number of hydrogen-bond acceptors (Lipinski definition) is 3. The van der Waals surface area contributed by atoms with Crippen molar-refractivity contribution in [1.29, 1.82) is 0 Å². The van der Waals surface area contributed by atoms with Crippen LogP contribution in [0, 0.1) is 11.8 Å². The van der Waals surface area contributed by atoms with Crippen LogP contribution in [0.1, 0.15) is 32.6 Å². The molecule has 0 spiro atoms. The second kappa shape index (κ2) is 7.68. The fourth-order valence-corrected chi connectivity index (χ4v) is 1.90. The monoisotopic (exact) mass is 230 g/mol. The quantitative estimate of drug-likeness (QED) is 0.520. The third-order valence-corrected chi connectivity index (χ3v) is 3.58. The van der Waals surface area contributed by atoms with Gasteiger partial charge in [-0.2, -0.15) is 0 Å². The minimum absolute atomic E-state index is 0.0267. The zero-order valence-electron chi connectivity index (χ0n) is 9.71. The Hall–Kier alpha value is -0.580. The van der Waals surface area contributed by atoms with E-state index in [0.29, 0.717) is 12.8 Å². The summed E-state index contributed by atoms with van der Waals surface area (Å²) in [6, 6.07) is 0. The van der Waals surface area contributed by atoms with Gasteiger partial charge in [0, 0.05) is 33.0 Å². The van der Waals surface area contributed by atoms with E-state index in [-0.39, 0.29) is 11.9 Å². The van der Waals surface area contributed by atoms with Gasteiger partial charge in [0.05, 0.1) is 6.16 Å². The van der Waals surface area contributed by atoms with Crippen LogP contribution in [0.5, 0.6) is 0 Å². The Kier molecular flexibility index (Phi) is 7.38. The maximum absolute atomic E-state index is 11.4. The van der Waals surface area contributed by atoms with Gasteiger partial charge in [-0.15, -0.1) is 11.8 Å². The van der Waals surface area contributed by atoms with Crippen LogP contribution in [0.3, 0.4) is 0 Å². The molecular formula is C11H19O3P. The Labute approximate surface area is 92.0 Å². The third-order valence-electron chi connectivity index (χ3n) is 1.88. The number of ketones is 1. The standard InChI is InChI=1S/C11H19O3P/c1-4-5-6-7-8-9-11(12)10-15(3,13)14-2/h4-5,8-10H2,1-3H3. The molecule has 0 aliphatic carbocycles. The second-order valence-electron chi connectivity index (χ2n) is 3.50. The molecule has 0 amide bonds. The van der Waals surface area contributed by atoms with Crippen molar-refractivity contribution < 1.29 is 13.9 Å². The number of carbonyl (C=O) groups is 1.